The van der Waals surface area contributed by atoms with Gasteiger partial charge in [-0.1, -0.05) is 158 Å². The Bertz CT molecular complexity index is 1390. The summed E-state index contributed by atoms with van der Waals surface area (Å²) < 4.78 is 34.0. The largest absolute Gasteiger partial charge is 1.00 e. The summed E-state index contributed by atoms with van der Waals surface area (Å²) in [4.78, 5) is 0. The smallest absolute Gasteiger partial charge is 1.00 e. The molecule has 0 aliphatic rings. The zero-order chi connectivity index (χ0) is 36.6. The fourth-order valence-corrected chi connectivity index (χ4v) is 11.4. The van der Waals surface area contributed by atoms with Crippen molar-refractivity contribution in [1.29, 1.82) is 5.26 Å². The number of benzene rings is 3. The number of hydrogen-bond donors (Lipinski definition) is 0. The number of ether oxygens (including phenoxy) is 2. The van der Waals surface area contributed by atoms with Crippen LogP contribution in [0.4, 0.5) is 4.39 Å². The molecule has 0 aliphatic carbocycles. The third kappa shape index (κ3) is 16.5. The van der Waals surface area contributed by atoms with Gasteiger partial charge in [0.2, 0.25) is 0 Å². The van der Waals surface area contributed by atoms with Crippen LogP contribution in [0.5, 0.6) is 0 Å². The SMILES string of the molecule is CCCCCCCC/C=C\CCCCCCCCOC[C@H](CO[Si](c1ccccc1)(c1ccccc1)C(C)(C)C)OCc1cc(F)cc(C#N)c1.[H-].[Na+]. The van der Waals surface area contributed by atoms with Crippen molar-refractivity contribution in [1.82, 2.24) is 0 Å². The van der Waals surface area contributed by atoms with Crippen molar-refractivity contribution in [3.8, 4) is 6.07 Å². The van der Waals surface area contributed by atoms with Gasteiger partial charge in [-0.25, -0.2) is 4.39 Å². The first-order valence-corrected chi connectivity index (χ1v) is 21.5. The maximum atomic E-state index is 14.2. The van der Waals surface area contributed by atoms with Gasteiger partial charge in [0.1, 0.15) is 11.9 Å². The summed E-state index contributed by atoms with van der Waals surface area (Å²) in [6.07, 6.45) is 22.2. The molecule has 3 rings (SSSR count). The third-order valence-corrected chi connectivity index (χ3v) is 14.6. The van der Waals surface area contributed by atoms with Crippen LogP contribution >= 0.6 is 0 Å². The van der Waals surface area contributed by atoms with Gasteiger partial charge in [0.25, 0.3) is 8.32 Å². The molecule has 280 valence electrons. The summed E-state index contributed by atoms with van der Waals surface area (Å²) in [6, 6.07) is 27.5. The number of nitriles is 1. The first kappa shape index (κ1) is 46.1. The molecule has 7 heteroatoms. The summed E-state index contributed by atoms with van der Waals surface area (Å²) in [5, 5.41) is 11.6. The Kier molecular flexibility index (Phi) is 23.6. The molecule has 52 heavy (non-hydrogen) atoms. The van der Waals surface area contributed by atoms with E-state index in [4.69, 9.17) is 13.9 Å². The van der Waals surface area contributed by atoms with Crippen LogP contribution in [0.15, 0.2) is 91.0 Å². The minimum atomic E-state index is -2.78. The van der Waals surface area contributed by atoms with Crippen molar-refractivity contribution in [3.63, 3.8) is 0 Å². The van der Waals surface area contributed by atoms with Gasteiger partial charge in [-0.05, 0) is 71.3 Å². The molecular weight excluding hydrogens is 673 g/mol. The van der Waals surface area contributed by atoms with Crippen LogP contribution in [-0.2, 0) is 20.5 Å². The molecule has 4 nitrogen and oxygen atoms in total. The van der Waals surface area contributed by atoms with Crippen LogP contribution in [-0.4, -0.2) is 34.2 Å². The topological polar surface area (TPSA) is 51.5 Å². The molecule has 0 heterocycles. The molecule has 0 radical (unpaired) electrons. The third-order valence-electron chi connectivity index (χ3n) is 9.58. The summed E-state index contributed by atoms with van der Waals surface area (Å²) >= 11 is 0. The Morgan fingerprint density at radius 2 is 1.29 bits per heavy atom. The first-order valence-electron chi connectivity index (χ1n) is 19.6. The van der Waals surface area contributed by atoms with E-state index in [0.29, 0.717) is 25.4 Å². The zero-order valence-corrected chi connectivity index (χ0v) is 36.0. The molecule has 0 unspecified atom stereocenters. The molecule has 0 aliphatic heterocycles. The van der Waals surface area contributed by atoms with Gasteiger partial charge in [0.05, 0.1) is 31.5 Å². The maximum Gasteiger partial charge on any atom is 1.00 e. The molecule has 0 amide bonds. The molecule has 0 saturated heterocycles. The molecule has 0 saturated carbocycles. The Morgan fingerprint density at radius 1 is 0.750 bits per heavy atom. The normalized spacial score (nSPS) is 12.5. The van der Waals surface area contributed by atoms with Crippen LogP contribution in [0.3, 0.4) is 0 Å². The standard InChI is InChI=1S/C45H64FNO3Si.Na.H/c1-5-6-7-8-9-10-11-12-13-14-15-16-17-18-19-26-31-48-37-42(49-36-40-32-39(35-47)33-41(46)34-40)38-50-51(45(2,3)4,43-27-22-20-23-28-43)44-29-24-21-25-30-44;;/h12-13,20-25,27-30,32-34,42H,5-11,14-19,26,31,36-38H2,1-4H3;;/q;+1;-1/b13-12-;;/t42-;;/m1../s1. The Labute approximate surface area is 340 Å². The van der Waals surface area contributed by atoms with Crippen LogP contribution < -0.4 is 39.9 Å². The number of halogens is 1. The van der Waals surface area contributed by atoms with Gasteiger partial charge in [0, 0.05) is 6.61 Å². The van der Waals surface area contributed by atoms with E-state index in [-0.39, 0.29) is 54.3 Å². The van der Waals surface area contributed by atoms with Gasteiger partial charge < -0.3 is 15.3 Å². The number of unbranched alkanes of at least 4 members (excludes halogenated alkanes) is 12. The molecule has 0 bridgehead atoms. The molecular formula is C45H65FNNaO3Si. The van der Waals surface area contributed by atoms with Gasteiger partial charge in [-0.3, -0.25) is 0 Å². The van der Waals surface area contributed by atoms with Crippen LogP contribution in [0, 0.1) is 17.1 Å². The van der Waals surface area contributed by atoms with Gasteiger partial charge >= 0.3 is 29.6 Å². The second kappa shape index (κ2) is 26.7. The van der Waals surface area contributed by atoms with Crippen molar-refractivity contribution in [2.45, 2.75) is 135 Å². The predicted octanol–water partition coefficient (Wildman–Crippen LogP) is 8.33. The number of rotatable bonds is 26. The van der Waals surface area contributed by atoms with Gasteiger partial charge in [-0.15, -0.1) is 0 Å². The fourth-order valence-electron chi connectivity index (χ4n) is 6.80. The van der Waals surface area contributed by atoms with Crippen LogP contribution in [0.2, 0.25) is 5.04 Å². The Morgan fingerprint density at radius 3 is 1.83 bits per heavy atom. The summed E-state index contributed by atoms with van der Waals surface area (Å²) in [6.45, 7) is 10.6. The minimum absolute atomic E-state index is 0. The Hall–Kier alpha value is -2.08. The molecule has 0 spiro atoms. The van der Waals surface area contributed by atoms with E-state index in [1.807, 2.05) is 18.2 Å². The number of hydrogen-bond acceptors (Lipinski definition) is 4. The molecule has 3 aromatic rings. The molecule has 0 aromatic heterocycles. The quantitative estimate of drug-likeness (QED) is 0.0473. The maximum absolute atomic E-state index is 14.2. The van der Waals surface area contributed by atoms with Crippen molar-refractivity contribution >= 4 is 18.7 Å². The fraction of sp³-hybridized carbons (Fsp3) is 0.533. The van der Waals surface area contributed by atoms with E-state index in [0.717, 1.165) is 12.8 Å². The van der Waals surface area contributed by atoms with E-state index < -0.39 is 14.1 Å². The van der Waals surface area contributed by atoms with Crippen molar-refractivity contribution in [3.05, 3.63) is 108 Å². The molecule has 0 N–H and O–H groups in total. The predicted molar refractivity (Wildman–Crippen MR) is 215 cm³/mol. The second-order valence-electron chi connectivity index (χ2n) is 14.9. The van der Waals surface area contributed by atoms with Gasteiger partial charge in [0.15, 0.2) is 0 Å². The zero-order valence-electron chi connectivity index (χ0n) is 34.0. The van der Waals surface area contributed by atoms with E-state index in [9.17, 15) is 9.65 Å². The first-order chi connectivity index (χ1) is 24.8. The van der Waals surface area contributed by atoms with Crippen LogP contribution in [0.25, 0.3) is 0 Å². The van der Waals surface area contributed by atoms with Gasteiger partial charge in [-0.2, -0.15) is 5.26 Å². The number of allylic oxidation sites excluding steroid dienone is 2. The molecule has 3 aromatic carbocycles. The second-order valence-corrected chi connectivity index (χ2v) is 19.2. The summed E-state index contributed by atoms with van der Waals surface area (Å²) in [7, 11) is -2.78. The molecule has 0 fully saturated rings. The van der Waals surface area contributed by atoms with Crippen molar-refractivity contribution in [2.24, 2.45) is 0 Å². The van der Waals surface area contributed by atoms with Crippen molar-refractivity contribution in [2.75, 3.05) is 19.8 Å². The average Bonchev–Trinajstić information content (AvgIpc) is 3.13. The molecule has 1 atom stereocenters. The van der Waals surface area contributed by atoms with Crippen LogP contribution in [0.1, 0.15) is 130 Å². The minimum Gasteiger partial charge on any atom is -1.00 e. The Balaban J connectivity index is 0.00000702. The monoisotopic (exact) mass is 737 g/mol. The number of nitrogens with zero attached hydrogens (tertiary/aromatic N) is 1. The van der Waals surface area contributed by atoms with E-state index in [1.54, 1.807) is 6.07 Å². The van der Waals surface area contributed by atoms with Crippen molar-refractivity contribution < 1.29 is 49.3 Å². The van der Waals surface area contributed by atoms with E-state index in [2.05, 4.69) is 88.4 Å². The summed E-state index contributed by atoms with van der Waals surface area (Å²) in [5.74, 6) is -0.441. The summed E-state index contributed by atoms with van der Waals surface area (Å²) in [5.41, 5.74) is 0.903. The van der Waals surface area contributed by atoms with E-state index >= 15 is 0 Å². The van der Waals surface area contributed by atoms with E-state index in [1.165, 1.54) is 99.6 Å². The average molecular weight is 738 g/mol.